The zero-order valence-corrected chi connectivity index (χ0v) is 17.9. The van der Waals surface area contributed by atoms with Crippen LogP contribution in [0.4, 0.5) is 0 Å². The smallest absolute Gasteiger partial charge is 0.356 e. The summed E-state index contributed by atoms with van der Waals surface area (Å²) in [5.41, 5.74) is 2.64. The van der Waals surface area contributed by atoms with Crippen molar-refractivity contribution in [1.82, 2.24) is 14.5 Å². The molecule has 0 aliphatic carbocycles. The van der Waals surface area contributed by atoms with Crippen LogP contribution in [0.15, 0.2) is 60.9 Å². The maximum Gasteiger partial charge on any atom is 0.356 e. The monoisotopic (exact) mass is 427 g/mol. The van der Waals surface area contributed by atoms with E-state index in [1.165, 1.54) is 13.3 Å². The van der Waals surface area contributed by atoms with Crippen LogP contribution in [0.25, 0.3) is 10.9 Å². The van der Waals surface area contributed by atoms with Gasteiger partial charge in [-0.2, -0.15) is 9.90 Å². The molecule has 0 bridgehead atoms. The van der Waals surface area contributed by atoms with Crippen LogP contribution < -0.4 is 0 Å². The molecule has 2 aromatic heterocycles. The van der Waals surface area contributed by atoms with E-state index in [1.807, 2.05) is 59.3 Å². The maximum atomic E-state index is 13.0. The van der Waals surface area contributed by atoms with Crippen LogP contribution in [0, 0.1) is 0 Å². The van der Waals surface area contributed by atoms with E-state index in [0.717, 1.165) is 16.5 Å². The van der Waals surface area contributed by atoms with Gasteiger partial charge in [0.05, 0.1) is 18.9 Å². The number of H-pyrrole nitrogens is 1. The summed E-state index contributed by atoms with van der Waals surface area (Å²) in [6, 6.07) is 15.2. The second kappa shape index (κ2) is 8.60. The molecule has 0 fully saturated rings. The number of nitrogens with one attached hydrogen (secondary N) is 1. The van der Waals surface area contributed by atoms with Crippen LogP contribution in [0.3, 0.4) is 0 Å². The van der Waals surface area contributed by atoms with Gasteiger partial charge in [0.2, 0.25) is 5.78 Å². The number of hydrogen-bond acceptors (Lipinski definition) is 4. The lowest BCUT2D eigenvalue weighted by atomic mass is 10.1. The van der Waals surface area contributed by atoms with E-state index in [4.69, 9.17) is 11.6 Å². The van der Waals surface area contributed by atoms with Crippen molar-refractivity contribution in [1.29, 1.82) is 0 Å². The van der Waals surface area contributed by atoms with Crippen molar-refractivity contribution in [3.63, 3.8) is 0 Å². The lowest BCUT2D eigenvalue weighted by molar-refractivity contribution is 0.0594. The Morgan fingerprint density at radius 3 is 2.59 bits per heavy atom. The van der Waals surface area contributed by atoms with Crippen molar-refractivity contribution in [3.8, 4) is 0 Å². The molecular weight excluding hydrogens is 409 g/mol. The summed E-state index contributed by atoms with van der Waals surface area (Å²) in [7, 11) is 1.27. The number of esters is 1. The molecule has 29 heavy (non-hydrogen) atoms. The second-order valence-electron chi connectivity index (χ2n) is 6.28. The highest BCUT2D eigenvalue weighted by Gasteiger charge is 2.20. The minimum absolute atomic E-state index is 0. The van der Waals surface area contributed by atoms with Gasteiger partial charge < -0.3 is 14.3 Å². The number of halogens is 1. The number of nitrogens with zero attached hydrogens (tertiary/aromatic N) is 2. The molecule has 2 aromatic carbocycles. The summed E-state index contributed by atoms with van der Waals surface area (Å²) in [5, 5.41) is 1.49. The molecule has 0 saturated heterocycles. The molecule has 0 saturated carbocycles. The molecule has 148 valence electrons. The quantitative estimate of drug-likeness (QED) is 0.295. The Balaban J connectivity index is 0.00000240. The lowest BCUT2D eigenvalue weighted by Gasteiger charge is -2.05. The number of carbonyl (C=O) groups is 2. The van der Waals surface area contributed by atoms with Crippen LogP contribution in [-0.4, -0.2) is 33.4 Å². The second-order valence-corrected chi connectivity index (χ2v) is 6.72. The number of imidazole rings is 1. The number of aromatic amines is 1. The number of ketones is 1. The number of fused-ring (bicyclic) bond motifs is 1. The van der Waals surface area contributed by atoms with Gasteiger partial charge in [-0.3, -0.25) is 4.79 Å². The molecule has 0 aliphatic heterocycles. The van der Waals surface area contributed by atoms with Crippen molar-refractivity contribution >= 4 is 44.2 Å². The third kappa shape index (κ3) is 4.09. The number of ether oxygens (including phenoxy) is 1. The predicted octanol–water partition coefficient (Wildman–Crippen LogP) is 4.14. The molecule has 4 aromatic rings. The summed E-state index contributed by atoms with van der Waals surface area (Å²) < 4.78 is 6.66. The fourth-order valence-electron chi connectivity index (χ4n) is 3.12. The normalized spacial score (nSPS) is 10.6. The van der Waals surface area contributed by atoms with Gasteiger partial charge >= 0.3 is 5.97 Å². The predicted molar refractivity (Wildman–Crippen MR) is 117 cm³/mol. The van der Waals surface area contributed by atoms with Crippen LogP contribution in [0.5, 0.6) is 0 Å². The first-order valence-corrected chi connectivity index (χ1v) is 8.95. The Kier molecular flexibility index (Phi) is 6.16. The molecule has 0 aliphatic rings. The highest BCUT2D eigenvalue weighted by molar-refractivity contribution is 6.92. The summed E-state index contributed by atoms with van der Waals surface area (Å²) in [5.74, 6) is -0.771. The van der Waals surface area contributed by atoms with Crippen molar-refractivity contribution in [2.45, 2.75) is 6.54 Å². The number of aromatic nitrogens is 3. The van der Waals surface area contributed by atoms with Crippen LogP contribution >= 0.6 is 21.5 Å². The molecule has 0 spiro atoms. The van der Waals surface area contributed by atoms with Gasteiger partial charge in [0.15, 0.2) is 5.82 Å². The van der Waals surface area contributed by atoms with Crippen molar-refractivity contribution in [2.75, 3.05) is 7.11 Å². The molecule has 1 atom stereocenters. The first-order valence-electron chi connectivity index (χ1n) is 8.57. The highest BCUT2D eigenvalue weighted by Crippen LogP contribution is 2.24. The van der Waals surface area contributed by atoms with Gasteiger partial charge in [0.25, 0.3) is 0 Å². The van der Waals surface area contributed by atoms with E-state index in [-0.39, 0.29) is 27.2 Å². The number of para-hydroxylation sites is 1. The zero-order valence-electron chi connectivity index (χ0n) is 15.7. The van der Waals surface area contributed by atoms with Crippen molar-refractivity contribution < 1.29 is 14.3 Å². The van der Waals surface area contributed by atoms with Gasteiger partial charge in [-0.05, 0) is 23.8 Å². The fourth-order valence-corrected chi connectivity index (χ4v) is 3.25. The van der Waals surface area contributed by atoms with Gasteiger partial charge in [0, 0.05) is 28.7 Å². The Morgan fingerprint density at radius 1 is 1.14 bits per heavy atom. The molecule has 6 nitrogen and oxygen atoms in total. The Labute approximate surface area is 175 Å². The highest BCUT2D eigenvalue weighted by atomic mass is 35.5. The van der Waals surface area contributed by atoms with Gasteiger partial charge in [-0.15, -0.1) is 0 Å². The largest absolute Gasteiger partial charge is 0.464 e. The topological polar surface area (TPSA) is 77.0 Å². The first kappa shape index (κ1) is 20.8. The molecule has 4 rings (SSSR count). The zero-order chi connectivity index (χ0) is 19.7. The van der Waals surface area contributed by atoms with E-state index < -0.39 is 5.97 Å². The van der Waals surface area contributed by atoms with E-state index in [2.05, 4.69) is 14.7 Å². The minimum atomic E-state index is -0.572. The van der Waals surface area contributed by atoms with E-state index in [1.54, 1.807) is 0 Å². The summed E-state index contributed by atoms with van der Waals surface area (Å²) in [6.45, 7) is 0.594. The van der Waals surface area contributed by atoms with Crippen LogP contribution in [0.2, 0.25) is 5.02 Å². The molecule has 2 heterocycles. The fraction of sp³-hybridized carbons (Fsp3) is 0.0952. The standard InChI is InChI=1S/C21H16ClN3O3.H3P/c1-28-21(27)17-10-23-20(24-17)19(26)16-12-25(18-5-3-2-4-15(16)18)11-13-6-8-14(22)9-7-13;/h2-10,12H,11H2,1H3,(H,23,24);1H3. The van der Waals surface area contributed by atoms with Crippen molar-refractivity contribution in [3.05, 3.63) is 88.6 Å². The van der Waals surface area contributed by atoms with E-state index in [9.17, 15) is 9.59 Å². The Hall–Kier alpha value is -2.95. The van der Waals surface area contributed by atoms with Crippen molar-refractivity contribution in [2.24, 2.45) is 0 Å². The number of benzene rings is 2. The van der Waals surface area contributed by atoms with E-state index in [0.29, 0.717) is 17.1 Å². The average molecular weight is 428 g/mol. The van der Waals surface area contributed by atoms with Crippen LogP contribution in [0.1, 0.15) is 32.2 Å². The maximum absolute atomic E-state index is 13.0. The number of methoxy groups -OCH3 is 1. The number of carbonyl (C=O) groups excluding carboxylic acids is 2. The Bertz CT molecular complexity index is 1180. The summed E-state index contributed by atoms with van der Waals surface area (Å²) >= 11 is 5.96. The molecule has 1 unspecified atom stereocenters. The minimum Gasteiger partial charge on any atom is -0.464 e. The molecule has 0 amide bonds. The SMILES string of the molecule is COC(=O)c1cnc(C(=O)c2cn(Cc3ccc(Cl)cc3)c3ccccc23)[nH]1.P. The Morgan fingerprint density at radius 2 is 1.86 bits per heavy atom. The number of rotatable bonds is 5. The summed E-state index contributed by atoms with van der Waals surface area (Å²) in [4.78, 5) is 31.4. The third-order valence-electron chi connectivity index (χ3n) is 4.50. The summed E-state index contributed by atoms with van der Waals surface area (Å²) in [6.07, 6.45) is 3.11. The third-order valence-corrected chi connectivity index (χ3v) is 4.75. The lowest BCUT2D eigenvalue weighted by Crippen LogP contribution is -2.06. The number of hydrogen-bond donors (Lipinski definition) is 1. The molecule has 8 heteroatoms. The molecule has 0 radical (unpaired) electrons. The van der Waals surface area contributed by atoms with Gasteiger partial charge in [0.1, 0.15) is 5.69 Å². The van der Waals surface area contributed by atoms with Gasteiger partial charge in [-0.1, -0.05) is 41.9 Å². The van der Waals surface area contributed by atoms with E-state index >= 15 is 0 Å². The first-order chi connectivity index (χ1) is 13.6. The van der Waals surface area contributed by atoms with Crippen LogP contribution in [-0.2, 0) is 11.3 Å². The molecular formula is C21H19ClN3O3P. The van der Waals surface area contributed by atoms with Gasteiger partial charge in [-0.25, -0.2) is 9.78 Å². The average Bonchev–Trinajstić information content (AvgIpc) is 3.35. The molecule has 1 N–H and O–H groups in total.